The molecule has 0 saturated heterocycles. The largest absolute Gasteiger partial charge is 0.489 e. The van der Waals surface area contributed by atoms with Gasteiger partial charge in [-0.1, -0.05) is 23.2 Å². The fourth-order valence-corrected chi connectivity index (χ4v) is 2.80. The Morgan fingerprint density at radius 2 is 1.92 bits per heavy atom. The third kappa shape index (κ3) is 4.68. The van der Waals surface area contributed by atoms with Crippen molar-refractivity contribution < 1.29 is 8.95 Å². The molecule has 1 heterocycles. The lowest BCUT2D eigenvalue weighted by Crippen LogP contribution is -2.19. The minimum Gasteiger partial charge on any atom is -0.489 e. The zero-order valence-corrected chi connectivity index (χ0v) is 16.6. The van der Waals surface area contributed by atoms with Gasteiger partial charge in [0.05, 0.1) is 21.4 Å². The second kappa shape index (κ2) is 7.38. The molecule has 0 amide bonds. The normalized spacial score (nSPS) is 13.8. The first-order chi connectivity index (χ1) is 11.1. The number of nitrogens with zero attached hydrogens (tertiary/aromatic N) is 2. The Bertz CT molecular complexity index is 814. The molecular formula is C17H20Cl2N2O2S. The fourth-order valence-electron chi connectivity index (χ4n) is 1.87. The van der Waals surface area contributed by atoms with Crippen LogP contribution in [0.5, 0.6) is 5.75 Å². The third-order valence-electron chi connectivity index (χ3n) is 3.02. The van der Waals surface area contributed by atoms with Gasteiger partial charge in [0.2, 0.25) is 0 Å². The van der Waals surface area contributed by atoms with Crippen LogP contribution in [0.2, 0.25) is 10.2 Å². The summed E-state index contributed by atoms with van der Waals surface area (Å²) in [5.74, 6) is 0.568. The van der Waals surface area contributed by atoms with Gasteiger partial charge in [0.15, 0.2) is 0 Å². The molecule has 1 unspecified atom stereocenters. The van der Waals surface area contributed by atoms with E-state index in [0.29, 0.717) is 21.9 Å². The summed E-state index contributed by atoms with van der Waals surface area (Å²) >= 11 is 12.5. The second-order valence-electron chi connectivity index (χ2n) is 6.61. The number of hydrogen-bond acceptors (Lipinski definition) is 3. The van der Waals surface area contributed by atoms with Crippen molar-refractivity contribution in [3.63, 3.8) is 0 Å². The SMILES string of the molecule is CC(C)Oc1cc2nc(Cl)c(C=NS(=O)C(C)(C)C)cc2cc1Cl. The first-order valence-corrected chi connectivity index (χ1v) is 9.36. The zero-order chi connectivity index (χ0) is 18.1. The Morgan fingerprint density at radius 1 is 1.25 bits per heavy atom. The standard InChI is InChI=1S/C17H20Cl2N2O2S/c1-10(2)23-15-8-14-11(7-13(15)18)6-12(16(19)21-14)9-20-24(22)17(3,4)5/h6-10H,1-5H3. The first kappa shape index (κ1) is 19.2. The van der Waals surface area contributed by atoms with Crippen LogP contribution in [0.25, 0.3) is 10.9 Å². The van der Waals surface area contributed by atoms with Crippen molar-refractivity contribution in [3.05, 3.63) is 33.9 Å². The molecule has 24 heavy (non-hydrogen) atoms. The maximum atomic E-state index is 12.0. The molecule has 4 nitrogen and oxygen atoms in total. The summed E-state index contributed by atoms with van der Waals surface area (Å²) in [5, 5.41) is 1.60. The summed E-state index contributed by atoms with van der Waals surface area (Å²) in [7, 11) is -1.36. The summed E-state index contributed by atoms with van der Waals surface area (Å²) in [6.45, 7) is 9.43. The average molecular weight is 387 g/mol. The van der Waals surface area contributed by atoms with Crippen molar-refractivity contribution in [3.8, 4) is 5.75 Å². The van der Waals surface area contributed by atoms with Crippen LogP contribution < -0.4 is 4.74 Å². The second-order valence-corrected chi connectivity index (χ2v) is 9.31. The molecule has 0 saturated carbocycles. The van der Waals surface area contributed by atoms with Gasteiger partial charge in [-0.15, -0.1) is 0 Å². The van der Waals surface area contributed by atoms with Crippen molar-refractivity contribution in [1.82, 2.24) is 4.98 Å². The molecule has 0 aliphatic rings. The number of pyridine rings is 1. The Hall–Kier alpha value is -1.17. The van der Waals surface area contributed by atoms with Gasteiger partial charge in [0.25, 0.3) is 0 Å². The topological polar surface area (TPSA) is 51.6 Å². The van der Waals surface area contributed by atoms with Gasteiger partial charge >= 0.3 is 0 Å². The molecule has 1 aromatic heterocycles. The maximum absolute atomic E-state index is 12.0. The maximum Gasteiger partial charge on any atom is 0.144 e. The Labute approximate surface area is 154 Å². The number of benzene rings is 1. The van der Waals surface area contributed by atoms with E-state index in [-0.39, 0.29) is 11.3 Å². The highest BCUT2D eigenvalue weighted by molar-refractivity contribution is 7.85. The van der Waals surface area contributed by atoms with E-state index in [2.05, 4.69) is 9.38 Å². The van der Waals surface area contributed by atoms with Gasteiger partial charge in [-0.05, 0) is 46.8 Å². The van der Waals surface area contributed by atoms with E-state index in [4.69, 9.17) is 27.9 Å². The van der Waals surface area contributed by atoms with Gasteiger partial charge in [-0.3, -0.25) is 0 Å². The molecule has 0 bridgehead atoms. The van der Waals surface area contributed by atoms with Crippen LogP contribution in [0.3, 0.4) is 0 Å². The molecule has 1 aromatic carbocycles. The minimum absolute atomic E-state index is 0.00852. The average Bonchev–Trinajstić information content (AvgIpc) is 2.44. The molecular weight excluding hydrogens is 367 g/mol. The lowest BCUT2D eigenvalue weighted by molar-refractivity contribution is 0.243. The summed E-state index contributed by atoms with van der Waals surface area (Å²) in [6, 6.07) is 5.35. The summed E-state index contributed by atoms with van der Waals surface area (Å²) in [5.41, 5.74) is 1.27. The van der Waals surface area contributed by atoms with Crippen LogP contribution in [0, 0.1) is 0 Å². The molecule has 2 aromatic rings. The molecule has 130 valence electrons. The molecule has 0 aliphatic carbocycles. The summed E-state index contributed by atoms with van der Waals surface area (Å²) < 4.78 is 21.3. The predicted molar refractivity (Wildman–Crippen MR) is 103 cm³/mol. The van der Waals surface area contributed by atoms with Gasteiger partial charge < -0.3 is 4.74 Å². The molecule has 1 atom stereocenters. The minimum atomic E-state index is -1.36. The molecule has 0 aliphatic heterocycles. The molecule has 0 N–H and O–H groups in total. The Morgan fingerprint density at radius 3 is 2.50 bits per heavy atom. The van der Waals surface area contributed by atoms with Gasteiger partial charge in [-0.2, -0.15) is 4.40 Å². The van der Waals surface area contributed by atoms with E-state index in [0.717, 1.165) is 5.39 Å². The van der Waals surface area contributed by atoms with Crippen molar-refractivity contribution in [2.45, 2.75) is 45.5 Å². The van der Waals surface area contributed by atoms with Gasteiger partial charge in [-0.25, -0.2) is 9.19 Å². The number of hydrogen-bond donors (Lipinski definition) is 0. The molecule has 7 heteroatoms. The monoisotopic (exact) mass is 386 g/mol. The quantitative estimate of drug-likeness (QED) is 0.535. The third-order valence-corrected chi connectivity index (χ3v) is 4.97. The highest BCUT2D eigenvalue weighted by Crippen LogP contribution is 2.31. The zero-order valence-electron chi connectivity index (χ0n) is 14.3. The fraction of sp³-hybridized carbons (Fsp3) is 0.412. The summed E-state index contributed by atoms with van der Waals surface area (Å²) in [4.78, 5) is 4.36. The molecule has 0 radical (unpaired) electrons. The predicted octanol–water partition coefficient (Wildman–Crippen LogP) is 5.21. The van der Waals surface area contributed by atoms with Gasteiger partial charge in [0, 0.05) is 23.2 Å². The van der Waals surface area contributed by atoms with Crippen molar-refractivity contribution in [1.29, 1.82) is 0 Å². The number of halogens is 2. The van der Waals surface area contributed by atoms with E-state index < -0.39 is 15.7 Å². The van der Waals surface area contributed by atoms with Gasteiger partial charge in [0.1, 0.15) is 21.9 Å². The van der Waals surface area contributed by atoms with Crippen LogP contribution in [0.1, 0.15) is 40.2 Å². The van der Waals surface area contributed by atoms with E-state index in [9.17, 15) is 4.21 Å². The van der Waals surface area contributed by atoms with Crippen molar-refractivity contribution in [2.75, 3.05) is 0 Å². The first-order valence-electron chi connectivity index (χ1n) is 7.50. The van der Waals surface area contributed by atoms with E-state index >= 15 is 0 Å². The van der Waals surface area contributed by atoms with Crippen LogP contribution in [-0.2, 0) is 11.0 Å². The molecule has 0 fully saturated rings. The van der Waals surface area contributed by atoms with E-state index in [1.165, 1.54) is 6.21 Å². The lowest BCUT2D eigenvalue weighted by atomic mass is 10.1. The number of ether oxygens (including phenoxy) is 1. The number of fused-ring (bicyclic) bond motifs is 1. The lowest BCUT2D eigenvalue weighted by Gasteiger charge is -2.13. The number of aromatic nitrogens is 1. The highest BCUT2D eigenvalue weighted by atomic mass is 35.5. The van der Waals surface area contributed by atoms with Crippen LogP contribution in [0.15, 0.2) is 22.6 Å². The van der Waals surface area contributed by atoms with E-state index in [1.807, 2.05) is 40.7 Å². The van der Waals surface area contributed by atoms with Crippen LogP contribution in [-0.4, -0.2) is 26.3 Å². The summed E-state index contributed by atoms with van der Waals surface area (Å²) in [6.07, 6.45) is 1.50. The Kier molecular flexibility index (Phi) is 5.89. The Balaban J connectivity index is 2.43. The molecule has 0 spiro atoms. The smallest absolute Gasteiger partial charge is 0.144 e. The van der Waals surface area contributed by atoms with Crippen molar-refractivity contribution >= 4 is 51.3 Å². The molecule has 2 rings (SSSR count). The van der Waals surface area contributed by atoms with E-state index in [1.54, 1.807) is 12.1 Å². The highest BCUT2D eigenvalue weighted by Gasteiger charge is 2.18. The van der Waals surface area contributed by atoms with Crippen molar-refractivity contribution in [2.24, 2.45) is 4.40 Å². The van der Waals surface area contributed by atoms with Crippen LogP contribution in [0.4, 0.5) is 0 Å². The van der Waals surface area contributed by atoms with Crippen LogP contribution >= 0.6 is 23.2 Å². The number of rotatable bonds is 4.